The molecule has 0 radical (unpaired) electrons. The highest BCUT2D eigenvalue weighted by atomic mass is 79.9. The van der Waals surface area contributed by atoms with Crippen LogP contribution in [-0.4, -0.2) is 47.7 Å². The predicted octanol–water partition coefficient (Wildman–Crippen LogP) is 2.94. The van der Waals surface area contributed by atoms with Gasteiger partial charge < -0.3 is 10.6 Å². The number of carbonyl (C=O) groups excluding carboxylic acids is 2. The quantitative estimate of drug-likeness (QED) is 0.739. The van der Waals surface area contributed by atoms with Gasteiger partial charge in [-0.15, -0.1) is 0 Å². The van der Waals surface area contributed by atoms with E-state index in [-0.39, 0.29) is 24.0 Å². The zero-order valence-electron chi connectivity index (χ0n) is 15.6. The molecule has 2 amide bonds. The zero-order valence-corrected chi connectivity index (χ0v) is 17.2. The van der Waals surface area contributed by atoms with Gasteiger partial charge >= 0.3 is 0 Å². The molecule has 1 spiro atoms. The van der Waals surface area contributed by atoms with Crippen LogP contribution in [0.1, 0.15) is 18.4 Å². The average molecular weight is 459 g/mol. The number of rotatable bonds is 4. The van der Waals surface area contributed by atoms with Crippen LogP contribution in [0.15, 0.2) is 58.0 Å². The lowest BCUT2D eigenvalue weighted by Gasteiger charge is -2.36. The largest absolute Gasteiger partial charge is 0.326 e. The molecule has 0 bridgehead atoms. The van der Waals surface area contributed by atoms with Crippen LogP contribution in [0.25, 0.3) is 0 Å². The number of benzene rings is 2. The normalized spacial score (nSPS) is 18.4. The first-order valence-electron chi connectivity index (χ1n) is 9.39. The molecule has 0 unspecified atom stereocenters. The molecule has 1 fully saturated rings. The second-order valence-electron chi connectivity index (χ2n) is 7.26. The van der Waals surface area contributed by atoms with E-state index in [0.717, 1.165) is 5.56 Å². The number of hydrogen-bond acceptors (Lipinski definition) is 4. The fraction of sp³-hybridized carbons (Fsp3) is 0.286. The number of aliphatic imine (C=N–C) groups is 1. The van der Waals surface area contributed by atoms with Gasteiger partial charge in [0.15, 0.2) is 0 Å². The molecule has 2 aromatic carbocycles. The smallest absolute Gasteiger partial charge is 0.272 e. The first-order valence-corrected chi connectivity index (χ1v) is 10.2. The van der Waals surface area contributed by atoms with Crippen molar-refractivity contribution >= 4 is 39.1 Å². The van der Waals surface area contributed by atoms with E-state index >= 15 is 0 Å². The minimum Gasteiger partial charge on any atom is -0.326 e. The maximum absolute atomic E-state index is 13.9. The number of anilines is 1. The Kier molecular flexibility index (Phi) is 5.47. The Balaban J connectivity index is 1.35. The summed E-state index contributed by atoms with van der Waals surface area (Å²) >= 11 is 3.19. The molecule has 0 aromatic heterocycles. The summed E-state index contributed by atoms with van der Waals surface area (Å²) in [6, 6.07) is 13.9. The molecular weight excluding hydrogens is 439 g/mol. The molecular formula is C21H20BrFN4O2. The number of piperidine rings is 1. The third-order valence-electron chi connectivity index (χ3n) is 5.19. The van der Waals surface area contributed by atoms with E-state index in [1.807, 2.05) is 35.2 Å². The van der Waals surface area contributed by atoms with E-state index in [9.17, 15) is 14.0 Å². The summed E-state index contributed by atoms with van der Waals surface area (Å²) in [5.74, 6) is -0.916. The zero-order chi connectivity index (χ0) is 20.4. The number of carbonyl (C=O) groups is 2. The van der Waals surface area contributed by atoms with Crippen molar-refractivity contribution in [3.05, 3.63) is 64.4 Å². The third kappa shape index (κ3) is 4.38. The number of likely N-dealkylation sites (tertiary alicyclic amines) is 1. The first kappa shape index (κ1) is 19.7. The molecule has 2 aliphatic rings. The molecule has 0 aliphatic carbocycles. The van der Waals surface area contributed by atoms with Crippen LogP contribution in [0, 0.1) is 5.82 Å². The lowest BCUT2D eigenvalue weighted by Crippen LogP contribution is -2.52. The van der Waals surface area contributed by atoms with E-state index in [0.29, 0.717) is 36.1 Å². The Hall–Kier alpha value is -2.58. The third-order valence-corrected chi connectivity index (χ3v) is 5.68. The van der Waals surface area contributed by atoms with Gasteiger partial charge in [-0.05, 0) is 18.2 Å². The molecule has 0 saturated carbocycles. The summed E-state index contributed by atoms with van der Waals surface area (Å²) in [6.07, 6.45) is 1.24. The number of hydrogen-bond donors (Lipinski definition) is 2. The maximum atomic E-state index is 13.9. The standard InChI is InChI=1S/C21H20BrFN4O2/c22-15-6-7-17(16(23)12-15)24-18(28)13-27-10-8-21(9-11-27)25-19(20(29)26-21)14-4-2-1-3-5-14/h1-7,12H,8-11,13H2,(H,24,28)(H,26,29). The molecule has 2 aromatic rings. The van der Waals surface area contributed by atoms with Crippen LogP contribution < -0.4 is 10.6 Å². The highest BCUT2D eigenvalue weighted by molar-refractivity contribution is 9.10. The van der Waals surface area contributed by atoms with Gasteiger partial charge in [-0.1, -0.05) is 46.3 Å². The fourth-order valence-corrected chi connectivity index (χ4v) is 3.99. The molecule has 0 atom stereocenters. The van der Waals surface area contributed by atoms with Gasteiger partial charge in [0.1, 0.15) is 17.2 Å². The minimum absolute atomic E-state index is 0.159. The molecule has 6 nitrogen and oxygen atoms in total. The van der Waals surface area contributed by atoms with Crippen molar-refractivity contribution in [1.82, 2.24) is 10.2 Å². The minimum atomic E-state index is -0.604. The van der Waals surface area contributed by atoms with Gasteiger partial charge in [0.2, 0.25) is 5.91 Å². The summed E-state index contributed by atoms with van der Waals surface area (Å²) in [5.41, 5.74) is 0.821. The fourth-order valence-electron chi connectivity index (χ4n) is 3.66. The monoisotopic (exact) mass is 458 g/mol. The van der Waals surface area contributed by atoms with Gasteiger partial charge in [-0.3, -0.25) is 19.5 Å². The second kappa shape index (κ2) is 8.04. The Morgan fingerprint density at radius 1 is 1.21 bits per heavy atom. The van der Waals surface area contributed by atoms with E-state index in [4.69, 9.17) is 4.99 Å². The molecule has 8 heteroatoms. The highest BCUT2D eigenvalue weighted by Gasteiger charge is 2.42. The Morgan fingerprint density at radius 3 is 2.62 bits per heavy atom. The number of amides is 2. The van der Waals surface area contributed by atoms with E-state index in [2.05, 4.69) is 26.6 Å². The van der Waals surface area contributed by atoms with Gasteiger partial charge in [-0.2, -0.15) is 0 Å². The summed E-state index contributed by atoms with van der Waals surface area (Å²) in [4.78, 5) is 31.4. The number of halogens is 2. The summed E-state index contributed by atoms with van der Waals surface area (Å²) in [5, 5.41) is 5.63. The first-order chi connectivity index (χ1) is 13.9. The van der Waals surface area contributed by atoms with Gasteiger partial charge in [0, 0.05) is 36.0 Å². The average Bonchev–Trinajstić information content (AvgIpc) is 3.03. The molecule has 1 saturated heterocycles. The predicted molar refractivity (Wildman–Crippen MR) is 112 cm³/mol. The lowest BCUT2D eigenvalue weighted by molar-refractivity contribution is -0.119. The molecule has 2 N–H and O–H groups in total. The molecule has 150 valence electrons. The molecule has 29 heavy (non-hydrogen) atoms. The number of nitrogens with zero attached hydrogens (tertiary/aromatic N) is 2. The highest BCUT2D eigenvalue weighted by Crippen LogP contribution is 2.29. The van der Waals surface area contributed by atoms with Crippen molar-refractivity contribution in [2.75, 3.05) is 25.0 Å². The number of nitrogens with one attached hydrogen (secondary N) is 2. The van der Waals surface area contributed by atoms with Gasteiger partial charge in [0.25, 0.3) is 5.91 Å². The van der Waals surface area contributed by atoms with Crippen LogP contribution in [0.3, 0.4) is 0 Å². The van der Waals surface area contributed by atoms with Crippen molar-refractivity contribution in [1.29, 1.82) is 0 Å². The van der Waals surface area contributed by atoms with Crippen molar-refractivity contribution in [3.63, 3.8) is 0 Å². The lowest BCUT2D eigenvalue weighted by atomic mass is 9.98. The topological polar surface area (TPSA) is 73.8 Å². The second-order valence-corrected chi connectivity index (χ2v) is 8.18. The van der Waals surface area contributed by atoms with Crippen molar-refractivity contribution in [3.8, 4) is 0 Å². The van der Waals surface area contributed by atoms with Crippen LogP contribution in [0.2, 0.25) is 0 Å². The Labute approximate surface area is 176 Å². The van der Waals surface area contributed by atoms with E-state index in [1.54, 1.807) is 6.07 Å². The van der Waals surface area contributed by atoms with Crippen molar-refractivity contribution in [2.24, 2.45) is 4.99 Å². The van der Waals surface area contributed by atoms with Crippen LogP contribution in [0.4, 0.5) is 10.1 Å². The van der Waals surface area contributed by atoms with Crippen LogP contribution in [0.5, 0.6) is 0 Å². The van der Waals surface area contributed by atoms with Gasteiger partial charge in [-0.25, -0.2) is 4.39 Å². The van der Waals surface area contributed by atoms with E-state index < -0.39 is 11.5 Å². The summed E-state index contributed by atoms with van der Waals surface area (Å²) in [7, 11) is 0. The van der Waals surface area contributed by atoms with Gasteiger partial charge in [0.05, 0.1) is 12.2 Å². The van der Waals surface area contributed by atoms with E-state index in [1.165, 1.54) is 12.1 Å². The molecule has 2 heterocycles. The van der Waals surface area contributed by atoms with Crippen LogP contribution >= 0.6 is 15.9 Å². The SMILES string of the molecule is O=C(CN1CCC2(CC1)N=C(c1ccccc1)C(=O)N2)Nc1ccc(Br)cc1F. The molecule has 4 rings (SSSR count). The summed E-state index contributed by atoms with van der Waals surface area (Å²) < 4.78 is 14.5. The summed E-state index contributed by atoms with van der Waals surface area (Å²) in [6.45, 7) is 1.39. The maximum Gasteiger partial charge on any atom is 0.272 e. The Bertz CT molecular complexity index is 972. The Morgan fingerprint density at radius 2 is 1.93 bits per heavy atom. The van der Waals surface area contributed by atoms with Crippen molar-refractivity contribution in [2.45, 2.75) is 18.5 Å². The van der Waals surface area contributed by atoms with Crippen LogP contribution in [-0.2, 0) is 9.59 Å². The van der Waals surface area contributed by atoms with Crippen molar-refractivity contribution < 1.29 is 14.0 Å². The molecule has 2 aliphatic heterocycles.